The van der Waals surface area contributed by atoms with Gasteiger partial charge in [0.1, 0.15) is 0 Å². The van der Waals surface area contributed by atoms with Gasteiger partial charge in [0.15, 0.2) is 5.82 Å². The van der Waals surface area contributed by atoms with E-state index in [0.717, 1.165) is 25.3 Å². The molecule has 2 rings (SSSR count). The van der Waals surface area contributed by atoms with Crippen LogP contribution in [0.15, 0.2) is 12.1 Å². The van der Waals surface area contributed by atoms with Gasteiger partial charge in [0, 0.05) is 20.2 Å². The van der Waals surface area contributed by atoms with Crippen molar-refractivity contribution in [3.63, 3.8) is 0 Å². The van der Waals surface area contributed by atoms with E-state index >= 15 is 0 Å². The number of methoxy groups -OCH3 is 1. The second-order valence-electron chi connectivity index (χ2n) is 4.53. The lowest BCUT2D eigenvalue weighted by Crippen LogP contribution is -2.44. The Morgan fingerprint density at radius 1 is 1.47 bits per heavy atom. The Bertz CT molecular complexity index is 355. The van der Waals surface area contributed by atoms with E-state index in [0.29, 0.717) is 11.6 Å². The number of ether oxygens (including phenoxy) is 1. The molecule has 0 saturated carbocycles. The maximum atomic E-state index is 8.92. The van der Waals surface area contributed by atoms with Crippen molar-refractivity contribution in [2.24, 2.45) is 5.92 Å². The van der Waals surface area contributed by atoms with E-state index < -0.39 is 0 Å². The lowest BCUT2D eigenvalue weighted by atomic mass is 9.96. The van der Waals surface area contributed by atoms with Gasteiger partial charge in [0.2, 0.25) is 0 Å². The van der Waals surface area contributed by atoms with Gasteiger partial charge in [-0.2, -0.15) is 5.10 Å². The van der Waals surface area contributed by atoms with Crippen LogP contribution in [0.4, 0.5) is 5.82 Å². The Labute approximate surface area is 101 Å². The number of hydrogen-bond donors (Lipinski definition) is 1. The number of aliphatic hydroxyl groups is 1. The van der Waals surface area contributed by atoms with Gasteiger partial charge < -0.3 is 14.7 Å². The second-order valence-corrected chi connectivity index (χ2v) is 4.53. The first kappa shape index (κ1) is 12.3. The summed E-state index contributed by atoms with van der Waals surface area (Å²) in [5, 5.41) is 17.0. The number of anilines is 1. The average molecular weight is 237 g/mol. The van der Waals surface area contributed by atoms with Crippen molar-refractivity contribution in [2.45, 2.75) is 26.1 Å². The minimum Gasteiger partial charge on any atom is -0.390 e. The summed E-state index contributed by atoms with van der Waals surface area (Å²) in [5.41, 5.74) is 0.599. The summed E-state index contributed by atoms with van der Waals surface area (Å²) < 4.78 is 5.47. The molecule has 0 aromatic carbocycles. The molecule has 2 unspecified atom stereocenters. The van der Waals surface area contributed by atoms with E-state index in [4.69, 9.17) is 9.84 Å². The molecule has 2 heterocycles. The largest absolute Gasteiger partial charge is 0.390 e. The van der Waals surface area contributed by atoms with Crippen LogP contribution in [0.3, 0.4) is 0 Å². The smallest absolute Gasteiger partial charge is 0.151 e. The predicted octanol–water partition coefficient (Wildman–Crippen LogP) is 0.830. The van der Waals surface area contributed by atoms with Crippen LogP contribution < -0.4 is 4.90 Å². The molecule has 1 aliphatic rings. The van der Waals surface area contributed by atoms with Crippen molar-refractivity contribution < 1.29 is 9.84 Å². The quantitative estimate of drug-likeness (QED) is 0.844. The van der Waals surface area contributed by atoms with Crippen LogP contribution in [0.2, 0.25) is 0 Å². The molecule has 17 heavy (non-hydrogen) atoms. The zero-order chi connectivity index (χ0) is 12.3. The van der Waals surface area contributed by atoms with Crippen LogP contribution in [-0.2, 0) is 11.3 Å². The van der Waals surface area contributed by atoms with Gasteiger partial charge in [0.05, 0.1) is 18.4 Å². The number of aliphatic hydroxyl groups excluding tert-OH is 1. The average Bonchev–Trinajstić information content (AvgIpc) is 2.39. The SMILES string of the molecule is COC1CN(c2ccc(CO)nn2)CCC1C. The van der Waals surface area contributed by atoms with E-state index in [2.05, 4.69) is 22.0 Å². The topological polar surface area (TPSA) is 58.5 Å². The maximum absolute atomic E-state index is 8.92. The molecule has 0 aliphatic carbocycles. The Hall–Kier alpha value is -1.20. The highest BCUT2D eigenvalue weighted by Crippen LogP contribution is 2.23. The van der Waals surface area contributed by atoms with E-state index in [9.17, 15) is 0 Å². The first-order valence-corrected chi connectivity index (χ1v) is 5.95. The third kappa shape index (κ3) is 2.73. The van der Waals surface area contributed by atoms with Crippen molar-refractivity contribution in [1.82, 2.24) is 10.2 Å². The molecule has 0 radical (unpaired) electrons. The summed E-state index contributed by atoms with van der Waals surface area (Å²) in [6.07, 6.45) is 1.35. The van der Waals surface area contributed by atoms with Crippen LogP contribution in [0.5, 0.6) is 0 Å². The molecule has 0 amide bonds. The Morgan fingerprint density at radius 3 is 2.88 bits per heavy atom. The fraction of sp³-hybridized carbons (Fsp3) is 0.667. The van der Waals surface area contributed by atoms with Crippen molar-refractivity contribution in [1.29, 1.82) is 0 Å². The Morgan fingerprint density at radius 2 is 2.29 bits per heavy atom. The van der Waals surface area contributed by atoms with E-state index in [1.54, 1.807) is 7.11 Å². The molecule has 5 heteroatoms. The molecule has 2 atom stereocenters. The maximum Gasteiger partial charge on any atom is 0.151 e. The van der Waals surface area contributed by atoms with Gasteiger partial charge in [-0.1, -0.05) is 6.92 Å². The highest BCUT2D eigenvalue weighted by atomic mass is 16.5. The summed E-state index contributed by atoms with van der Waals surface area (Å²) in [5.74, 6) is 1.44. The third-order valence-electron chi connectivity index (χ3n) is 3.38. The summed E-state index contributed by atoms with van der Waals surface area (Å²) in [4.78, 5) is 2.18. The number of rotatable bonds is 3. The highest BCUT2D eigenvalue weighted by molar-refractivity contribution is 5.38. The lowest BCUT2D eigenvalue weighted by molar-refractivity contribution is 0.0496. The standard InChI is InChI=1S/C12H19N3O2/c1-9-5-6-15(7-11(9)17-2)12-4-3-10(8-16)13-14-12/h3-4,9,11,16H,5-8H2,1-2H3. The molecule has 1 aromatic rings. The van der Waals surface area contributed by atoms with Crippen molar-refractivity contribution in [3.8, 4) is 0 Å². The van der Waals surface area contributed by atoms with E-state index in [-0.39, 0.29) is 12.7 Å². The Kier molecular flexibility index (Phi) is 3.91. The van der Waals surface area contributed by atoms with Crippen molar-refractivity contribution >= 4 is 5.82 Å². The van der Waals surface area contributed by atoms with Crippen LogP contribution in [0.1, 0.15) is 19.0 Å². The van der Waals surface area contributed by atoms with Gasteiger partial charge in [-0.25, -0.2) is 0 Å². The van der Waals surface area contributed by atoms with Gasteiger partial charge in [-0.3, -0.25) is 0 Å². The zero-order valence-corrected chi connectivity index (χ0v) is 10.3. The van der Waals surface area contributed by atoms with E-state index in [1.807, 2.05) is 12.1 Å². The summed E-state index contributed by atoms with van der Waals surface area (Å²) >= 11 is 0. The monoisotopic (exact) mass is 237 g/mol. The normalized spacial score (nSPS) is 25.0. The second kappa shape index (κ2) is 5.42. The Balaban J connectivity index is 2.06. The minimum absolute atomic E-state index is 0.0645. The number of nitrogens with zero attached hydrogens (tertiary/aromatic N) is 3. The zero-order valence-electron chi connectivity index (χ0n) is 10.3. The molecule has 94 valence electrons. The first-order valence-electron chi connectivity index (χ1n) is 5.95. The van der Waals surface area contributed by atoms with Crippen LogP contribution in [0.25, 0.3) is 0 Å². The molecule has 1 saturated heterocycles. The number of piperidine rings is 1. The van der Waals surface area contributed by atoms with Crippen LogP contribution in [-0.4, -0.2) is 41.6 Å². The molecule has 0 spiro atoms. The highest BCUT2D eigenvalue weighted by Gasteiger charge is 2.26. The van der Waals surface area contributed by atoms with Gasteiger partial charge in [-0.05, 0) is 24.5 Å². The molecule has 1 aromatic heterocycles. The molecule has 1 aliphatic heterocycles. The lowest BCUT2D eigenvalue weighted by Gasteiger charge is -2.36. The summed E-state index contributed by atoms with van der Waals surface area (Å²) in [6, 6.07) is 3.71. The minimum atomic E-state index is -0.0645. The molecular formula is C12H19N3O2. The molecule has 5 nitrogen and oxygen atoms in total. The summed E-state index contributed by atoms with van der Waals surface area (Å²) in [6.45, 7) is 3.98. The van der Waals surface area contributed by atoms with Crippen molar-refractivity contribution in [3.05, 3.63) is 17.8 Å². The fourth-order valence-corrected chi connectivity index (χ4v) is 2.15. The molecule has 1 N–H and O–H groups in total. The number of aromatic nitrogens is 2. The van der Waals surface area contributed by atoms with Gasteiger partial charge in [0.25, 0.3) is 0 Å². The molecular weight excluding hydrogens is 218 g/mol. The van der Waals surface area contributed by atoms with Crippen molar-refractivity contribution in [2.75, 3.05) is 25.1 Å². The third-order valence-corrected chi connectivity index (χ3v) is 3.38. The van der Waals surface area contributed by atoms with Gasteiger partial charge in [-0.15, -0.1) is 5.10 Å². The number of hydrogen-bond acceptors (Lipinski definition) is 5. The summed E-state index contributed by atoms with van der Waals surface area (Å²) in [7, 11) is 1.76. The first-order chi connectivity index (χ1) is 8.24. The van der Waals surface area contributed by atoms with Crippen LogP contribution in [0, 0.1) is 5.92 Å². The molecule has 1 fully saturated rings. The molecule has 0 bridgehead atoms. The van der Waals surface area contributed by atoms with Gasteiger partial charge >= 0.3 is 0 Å². The fourth-order valence-electron chi connectivity index (χ4n) is 2.15. The predicted molar refractivity (Wildman–Crippen MR) is 64.7 cm³/mol. The van der Waals surface area contributed by atoms with Crippen LogP contribution >= 0.6 is 0 Å². The van der Waals surface area contributed by atoms with E-state index in [1.165, 1.54) is 0 Å².